The van der Waals surface area contributed by atoms with E-state index >= 15 is 0 Å². The van der Waals surface area contributed by atoms with Crippen molar-refractivity contribution in [1.29, 1.82) is 0 Å². The van der Waals surface area contributed by atoms with Crippen LogP contribution in [0.15, 0.2) is 6.33 Å². The van der Waals surface area contributed by atoms with Crippen LogP contribution in [0.4, 0.5) is 10.7 Å². The summed E-state index contributed by atoms with van der Waals surface area (Å²) < 4.78 is 58.6. The molecule has 2 amide bonds. The molecule has 8 atom stereocenters. The van der Waals surface area contributed by atoms with E-state index in [-0.39, 0.29) is 34.8 Å². The summed E-state index contributed by atoms with van der Waals surface area (Å²) in [5.74, 6) is -0.846. The highest BCUT2D eigenvalue weighted by Gasteiger charge is 2.49. The predicted octanol–water partition coefficient (Wildman–Crippen LogP) is -2.41. The summed E-state index contributed by atoms with van der Waals surface area (Å²) in [5, 5.41) is 25.0. The third kappa shape index (κ3) is 10.3. The van der Waals surface area contributed by atoms with Crippen molar-refractivity contribution in [2.24, 2.45) is 5.73 Å². The zero-order valence-corrected chi connectivity index (χ0v) is 26.2. The minimum Gasteiger partial charge on any atom is -0.439 e. The van der Waals surface area contributed by atoms with Gasteiger partial charge in [0.15, 0.2) is 22.9 Å². The summed E-state index contributed by atoms with van der Waals surface area (Å²) >= 11 is 5.12. The van der Waals surface area contributed by atoms with Crippen LogP contribution in [0.3, 0.4) is 0 Å². The van der Waals surface area contributed by atoms with Gasteiger partial charge in [0, 0.05) is 13.1 Å². The Balaban J connectivity index is 1.76. The molecule has 3 heterocycles. The van der Waals surface area contributed by atoms with Gasteiger partial charge in [0.1, 0.15) is 29.4 Å². The zero-order valence-electron chi connectivity index (χ0n) is 22.7. The first-order valence-electron chi connectivity index (χ1n) is 12.2. The summed E-state index contributed by atoms with van der Waals surface area (Å²) in [6.07, 6.45) is -7.72. The first-order valence-corrected chi connectivity index (χ1v) is 17.1. The van der Waals surface area contributed by atoms with Crippen LogP contribution in [-0.2, 0) is 41.1 Å². The number of phosphoric ester groups is 1. The van der Waals surface area contributed by atoms with Crippen molar-refractivity contribution < 1.29 is 75.7 Å². The molecule has 0 aliphatic carbocycles. The van der Waals surface area contributed by atoms with Gasteiger partial charge in [0.25, 0.3) is 0 Å². The number of ether oxygens (including phenoxy) is 2. The molecule has 24 nitrogen and oxygen atoms in total. The second kappa shape index (κ2) is 14.5. The topological polar surface area (TPSA) is 375 Å². The lowest BCUT2D eigenvalue weighted by atomic mass is 10.1. The van der Waals surface area contributed by atoms with Crippen LogP contribution in [0.5, 0.6) is 0 Å². The number of aliphatic hydroxyl groups is 2. The number of aromatic nitrogens is 4. The second-order valence-electron chi connectivity index (χ2n) is 9.07. The molecule has 45 heavy (non-hydrogen) atoms. The van der Waals surface area contributed by atoms with Crippen LogP contribution in [0, 0.1) is 4.64 Å². The Labute approximate surface area is 256 Å². The molecular formula is C17H29N8O16P3S. The van der Waals surface area contributed by atoms with Crippen molar-refractivity contribution in [2.75, 3.05) is 25.4 Å². The van der Waals surface area contributed by atoms with Crippen LogP contribution in [0.2, 0.25) is 0 Å². The van der Waals surface area contributed by atoms with Crippen molar-refractivity contribution in [3.63, 3.8) is 0 Å². The SMILES string of the molecule is CC(O)C(N)C(=O)NCCNC(=O)O[C@@H]1[C@H](O)[C@@H](COP(=O)(O)OP(=O)(O)OP(=O)(O)O)O[C@H]1n1cnc2c(=S)nc(N)[nH]c21. The Morgan fingerprint density at radius 1 is 1.18 bits per heavy atom. The van der Waals surface area contributed by atoms with E-state index < -0.39 is 78.8 Å². The van der Waals surface area contributed by atoms with E-state index in [1.54, 1.807) is 0 Å². The van der Waals surface area contributed by atoms with Gasteiger partial charge in [-0.2, -0.15) is 8.62 Å². The zero-order chi connectivity index (χ0) is 33.9. The number of rotatable bonds is 14. The first kappa shape index (κ1) is 37.0. The number of H-pyrrole nitrogens is 1. The highest BCUT2D eigenvalue weighted by Crippen LogP contribution is 2.66. The first-order chi connectivity index (χ1) is 20.7. The van der Waals surface area contributed by atoms with Gasteiger partial charge in [-0.3, -0.25) is 13.9 Å². The maximum Gasteiger partial charge on any atom is 0.490 e. The molecule has 0 saturated carbocycles. The third-order valence-corrected chi connectivity index (χ3v) is 9.72. The summed E-state index contributed by atoms with van der Waals surface area (Å²) in [5.41, 5.74) is 11.4. The number of aromatic amines is 1. The van der Waals surface area contributed by atoms with Crippen LogP contribution in [-0.4, -0.2) is 111 Å². The number of alkyl carbamates (subject to hydrolysis) is 1. The molecule has 1 aliphatic rings. The standard InChI is InChI=1S/C17H29N8O16P3S/c1-6(26)8(18)13(28)20-2-3-21-17(29)39-11-10(27)7(4-37-43(33,34)41-44(35,36)40-42(30,31)32)38-15(11)25-5-22-9-12(25)23-16(19)24-14(9)45/h5-8,10-11,15,26-27H,2-4,18H2,1H3,(H,20,28)(H,21,29)(H,33,34)(H,35,36)(H2,30,31,32)(H3,19,23,24,45)/t6?,7-,8?,10-,11-,15-/m1/s1. The van der Waals surface area contributed by atoms with E-state index in [1.165, 1.54) is 11.5 Å². The number of hydrogen-bond donors (Lipinski definition) is 11. The Morgan fingerprint density at radius 3 is 2.44 bits per heavy atom. The number of anilines is 1. The van der Waals surface area contributed by atoms with Gasteiger partial charge >= 0.3 is 29.6 Å². The molecule has 2 aromatic rings. The van der Waals surface area contributed by atoms with E-state index in [0.717, 1.165) is 6.33 Å². The monoisotopic (exact) mass is 726 g/mol. The fourth-order valence-electron chi connectivity index (χ4n) is 3.68. The molecule has 0 bridgehead atoms. The number of phosphoric acid groups is 3. The second-order valence-corrected chi connectivity index (χ2v) is 13.9. The van der Waals surface area contributed by atoms with Gasteiger partial charge in [-0.05, 0) is 6.92 Å². The molecule has 28 heteroatoms. The number of carbonyl (C=O) groups excluding carboxylic acids is 2. The summed E-state index contributed by atoms with van der Waals surface area (Å²) in [4.78, 5) is 71.5. The van der Waals surface area contributed by atoms with Crippen LogP contribution in [0.1, 0.15) is 13.2 Å². The number of fused-ring (bicyclic) bond motifs is 1. The fraction of sp³-hybridized carbons (Fsp3) is 0.588. The molecule has 4 unspecified atom stereocenters. The quantitative estimate of drug-likeness (QED) is 0.0548. The number of nitrogen functional groups attached to an aromatic ring is 1. The normalized spacial score (nSPS) is 24.4. The summed E-state index contributed by atoms with van der Waals surface area (Å²) in [6, 6.07) is -1.22. The average Bonchev–Trinajstić information content (AvgIpc) is 3.43. The molecule has 1 aliphatic heterocycles. The van der Waals surface area contributed by atoms with Crippen LogP contribution in [0.25, 0.3) is 11.2 Å². The van der Waals surface area contributed by atoms with Crippen molar-refractivity contribution in [2.45, 2.75) is 43.6 Å². The lowest BCUT2D eigenvalue weighted by Crippen LogP contribution is -2.49. The molecule has 1 saturated heterocycles. The van der Waals surface area contributed by atoms with Gasteiger partial charge in [-0.25, -0.2) is 28.5 Å². The van der Waals surface area contributed by atoms with E-state index in [4.69, 9.17) is 42.9 Å². The fourth-order valence-corrected chi connectivity index (χ4v) is 6.95. The summed E-state index contributed by atoms with van der Waals surface area (Å²) in [7, 11) is -17.1. The number of aliphatic hydroxyl groups excluding tert-OH is 2. The van der Waals surface area contributed by atoms with Gasteiger partial charge in [-0.15, -0.1) is 0 Å². The number of imidazole rings is 1. The number of carbonyl (C=O) groups is 2. The molecule has 254 valence electrons. The van der Waals surface area contributed by atoms with Crippen LogP contribution >= 0.6 is 35.7 Å². The summed E-state index contributed by atoms with van der Waals surface area (Å²) in [6.45, 7) is -0.127. The predicted molar refractivity (Wildman–Crippen MR) is 148 cm³/mol. The smallest absolute Gasteiger partial charge is 0.439 e. The van der Waals surface area contributed by atoms with Crippen LogP contribution < -0.4 is 22.1 Å². The van der Waals surface area contributed by atoms with Crippen molar-refractivity contribution in [3.05, 3.63) is 11.0 Å². The van der Waals surface area contributed by atoms with Crippen molar-refractivity contribution >= 4 is 64.8 Å². The molecule has 0 spiro atoms. The van der Waals surface area contributed by atoms with Gasteiger partial charge in [0.2, 0.25) is 5.91 Å². The van der Waals surface area contributed by atoms with Crippen molar-refractivity contribution in [3.8, 4) is 0 Å². The highest BCUT2D eigenvalue weighted by atomic mass is 32.1. The lowest BCUT2D eigenvalue weighted by molar-refractivity contribution is -0.124. The van der Waals surface area contributed by atoms with Gasteiger partial charge < -0.3 is 66.3 Å². The van der Waals surface area contributed by atoms with E-state index in [0.29, 0.717) is 0 Å². The van der Waals surface area contributed by atoms with E-state index in [2.05, 4.69) is 38.7 Å². The van der Waals surface area contributed by atoms with Crippen molar-refractivity contribution in [1.82, 2.24) is 30.2 Å². The Bertz CT molecular complexity index is 1600. The Morgan fingerprint density at radius 2 is 1.82 bits per heavy atom. The highest BCUT2D eigenvalue weighted by molar-refractivity contribution is 7.71. The average molecular weight is 726 g/mol. The number of nitrogens with one attached hydrogen (secondary N) is 3. The number of nitrogens with two attached hydrogens (primary N) is 2. The Kier molecular flexibility index (Phi) is 12.0. The van der Waals surface area contributed by atoms with E-state index in [1.807, 2.05) is 0 Å². The largest absolute Gasteiger partial charge is 0.490 e. The number of amides is 2. The number of hydrogen-bond acceptors (Lipinski definition) is 17. The van der Waals surface area contributed by atoms with E-state index in [9.17, 15) is 43.3 Å². The molecule has 1 fully saturated rings. The van der Waals surface area contributed by atoms with Gasteiger partial charge in [0.05, 0.1) is 19.0 Å². The molecule has 2 aromatic heterocycles. The number of nitrogens with zero attached hydrogens (tertiary/aromatic N) is 3. The molecule has 0 aromatic carbocycles. The Hall–Kier alpha value is -2.44. The molecular weight excluding hydrogens is 697 g/mol. The molecule has 3 rings (SSSR count). The maximum atomic E-state index is 12.6. The lowest BCUT2D eigenvalue weighted by Gasteiger charge is -2.22. The van der Waals surface area contributed by atoms with Gasteiger partial charge in [-0.1, -0.05) is 12.2 Å². The maximum absolute atomic E-state index is 12.6. The minimum absolute atomic E-state index is 0.0321. The molecule has 13 N–H and O–H groups in total. The third-order valence-electron chi connectivity index (χ3n) is 5.63. The molecule has 0 radical (unpaired) electrons. The minimum atomic E-state index is -5.83.